The Morgan fingerprint density at radius 1 is 1.28 bits per heavy atom. The molecule has 2 aromatic heterocycles. The minimum atomic E-state index is -0.510. The van der Waals surface area contributed by atoms with Crippen molar-refractivity contribution < 1.29 is 14.1 Å². The van der Waals surface area contributed by atoms with E-state index in [0.717, 1.165) is 16.8 Å². The van der Waals surface area contributed by atoms with Gasteiger partial charge in [0.15, 0.2) is 0 Å². The standard InChI is InChI=1S/C17H16N4O4/c1-4-15-18-19-17(25-15)20-8-10(2)16(11(20)3)13-5-12(9-22)6-14(7-13)21(23)24/h5-9H,4H2,1-3H3. The maximum atomic E-state index is 11.1. The number of hydrogen-bond acceptors (Lipinski definition) is 6. The molecule has 0 N–H and O–H groups in total. The van der Waals surface area contributed by atoms with E-state index >= 15 is 0 Å². The monoisotopic (exact) mass is 340 g/mol. The number of aldehydes is 1. The Kier molecular flexibility index (Phi) is 4.18. The van der Waals surface area contributed by atoms with Gasteiger partial charge in [0, 0.05) is 41.6 Å². The zero-order chi connectivity index (χ0) is 18.1. The van der Waals surface area contributed by atoms with Crippen molar-refractivity contribution in [2.75, 3.05) is 0 Å². The molecular formula is C17H16N4O4. The first-order chi connectivity index (χ1) is 11.9. The topological polar surface area (TPSA) is 104 Å². The number of carbonyl (C=O) groups is 1. The largest absolute Gasteiger partial charge is 0.408 e. The van der Waals surface area contributed by atoms with Gasteiger partial charge in [0.05, 0.1) is 4.92 Å². The lowest BCUT2D eigenvalue weighted by atomic mass is 10.00. The maximum absolute atomic E-state index is 11.1. The molecule has 0 unspecified atom stereocenters. The molecule has 0 saturated heterocycles. The van der Waals surface area contributed by atoms with Gasteiger partial charge in [-0.05, 0) is 31.0 Å². The summed E-state index contributed by atoms with van der Waals surface area (Å²) in [6.07, 6.45) is 3.06. The number of benzene rings is 1. The van der Waals surface area contributed by atoms with E-state index in [0.29, 0.717) is 30.2 Å². The Bertz CT molecular complexity index is 971. The first kappa shape index (κ1) is 16.6. The van der Waals surface area contributed by atoms with Crippen molar-refractivity contribution in [3.05, 3.63) is 57.2 Å². The third-order valence-electron chi connectivity index (χ3n) is 3.98. The van der Waals surface area contributed by atoms with Gasteiger partial charge in [0.2, 0.25) is 5.89 Å². The fourth-order valence-corrected chi connectivity index (χ4v) is 2.83. The second kappa shape index (κ2) is 6.31. The summed E-state index contributed by atoms with van der Waals surface area (Å²) in [5, 5.41) is 19.1. The zero-order valence-electron chi connectivity index (χ0n) is 14.0. The van der Waals surface area contributed by atoms with Crippen LogP contribution in [0.25, 0.3) is 17.1 Å². The fourth-order valence-electron chi connectivity index (χ4n) is 2.83. The summed E-state index contributed by atoms with van der Waals surface area (Å²) in [5.74, 6) is 0.529. The van der Waals surface area contributed by atoms with Crippen LogP contribution in [0.4, 0.5) is 5.69 Å². The molecule has 0 spiro atoms. The van der Waals surface area contributed by atoms with Crippen LogP contribution >= 0.6 is 0 Å². The van der Waals surface area contributed by atoms with Crippen LogP contribution in [-0.4, -0.2) is 26.0 Å². The predicted octanol–water partition coefficient (Wildman–Crippen LogP) is 3.43. The van der Waals surface area contributed by atoms with E-state index in [1.807, 2.05) is 27.0 Å². The molecule has 3 rings (SSSR count). The van der Waals surface area contributed by atoms with Crippen molar-refractivity contribution >= 4 is 12.0 Å². The Morgan fingerprint density at radius 3 is 2.64 bits per heavy atom. The van der Waals surface area contributed by atoms with Crippen LogP contribution in [0.2, 0.25) is 0 Å². The quantitative estimate of drug-likeness (QED) is 0.400. The molecule has 3 aromatic rings. The average molecular weight is 340 g/mol. The van der Waals surface area contributed by atoms with Crippen LogP contribution in [0.15, 0.2) is 28.8 Å². The number of nitrogens with zero attached hydrogens (tertiary/aromatic N) is 4. The molecule has 0 atom stereocenters. The minimum Gasteiger partial charge on any atom is -0.408 e. The lowest BCUT2D eigenvalue weighted by molar-refractivity contribution is -0.384. The molecule has 128 valence electrons. The van der Waals surface area contributed by atoms with E-state index in [1.54, 1.807) is 10.6 Å². The van der Waals surface area contributed by atoms with E-state index in [1.165, 1.54) is 12.1 Å². The molecule has 0 aliphatic rings. The highest BCUT2D eigenvalue weighted by Crippen LogP contribution is 2.33. The molecule has 2 heterocycles. The number of non-ortho nitro benzene ring substituents is 1. The smallest absolute Gasteiger partial charge is 0.326 e. The summed E-state index contributed by atoms with van der Waals surface area (Å²) in [6.45, 7) is 5.66. The van der Waals surface area contributed by atoms with Crippen LogP contribution in [-0.2, 0) is 6.42 Å². The number of aromatic nitrogens is 3. The molecule has 25 heavy (non-hydrogen) atoms. The van der Waals surface area contributed by atoms with E-state index < -0.39 is 4.92 Å². The van der Waals surface area contributed by atoms with Crippen molar-refractivity contribution in [3.63, 3.8) is 0 Å². The molecule has 8 nitrogen and oxygen atoms in total. The van der Waals surface area contributed by atoms with E-state index in [4.69, 9.17) is 4.42 Å². The van der Waals surface area contributed by atoms with E-state index in [2.05, 4.69) is 10.2 Å². The number of aryl methyl sites for hydroxylation is 2. The molecule has 0 aliphatic heterocycles. The van der Waals surface area contributed by atoms with Gasteiger partial charge in [-0.15, -0.1) is 5.10 Å². The molecule has 0 saturated carbocycles. The molecule has 0 bridgehead atoms. The average Bonchev–Trinajstić information content (AvgIpc) is 3.18. The van der Waals surface area contributed by atoms with Crippen LogP contribution < -0.4 is 0 Å². The van der Waals surface area contributed by atoms with Crippen molar-refractivity contribution in [3.8, 4) is 17.1 Å². The van der Waals surface area contributed by atoms with Gasteiger partial charge in [0.1, 0.15) is 6.29 Å². The van der Waals surface area contributed by atoms with Crippen molar-refractivity contribution in [1.82, 2.24) is 14.8 Å². The maximum Gasteiger partial charge on any atom is 0.326 e. The third kappa shape index (κ3) is 2.93. The molecule has 0 radical (unpaired) electrons. The fraction of sp³-hybridized carbons (Fsp3) is 0.235. The van der Waals surface area contributed by atoms with Gasteiger partial charge in [-0.2, -0.15) is 0 Å². The SMILES string of the molecule is CCc1nnc(-n2cc(C)c(-c3cc(C=O)cc([N+](=O)[O-])c3)c2C)o1. The minimum absolute atomic E-state index is 0.128. The lowest BCUT2D eigenvalue weighted by Crippen LogP contribution is -1.96. The summed E-state index contributed by atoms with van der Waals surface area (Å²) < 4.78 is 7.33. The lowest BCUT2D eigenvalue weighted by Gasteiger charge is -2.06. The second-order valence-electron chi connectivity index (χ2n) is 5.66. The van der Waals surface area contributed by atoms with Gasteiger partial charge in [0.25, 0.3) is 5.69 Å². The highest BCUT2D eigenvalue weighted by atomic mass is 16.6. The normalized spacial score (nSPS) is 10.8. The van der Waals surface area contributed by atoms with E-state index in [-0.39, 0.29) is 11.3 Å². The van der Waals surface area contributed by atoms with Gasteiger partial charge in [-0.1, -0.05) is 12.0 Å². The van der Waals surface area contributed by atoms with Crippen molar-refractivity contribution in [2.24, 2.45) is 0 Å². The molecule has 1 aromatic carbocycles. The van der Waals surface area contributed by atoms with Crippen molar-refractivity contribution in [1.29, 1.82) is 0 Å². The van der Waals surface area contributed by atoms with Gasteiger partial charge in [-0.3, -0.25) is 19.5 Å². The predicted molar refractivity (Wildman–Crippen MR) is 90.0 cm³/mol. The number of rotatable bonds is 5. The van der Waals surface area contributed by atoms with Crippen LogP contribution in [0, 0.1) is 24.0 Å². The summed E-state index contributed by atoms with van der Waals surface area (Å²) >= 11 is 0. The zero-order valence-corrected chi connectivity index (χ0v) is 14.0. The van der Waals surface area contributed by atoms with Crippen LogP contribution in [0.3, 0.4) is 0 Å². The van der Waals surface area contributed by atoms with Gasteiger partial charge < -0.3 is 4.42 Å². The molecule has 8 heteroatoms. The molecule has 0 aliphatic carbocycles. The number of hydrogen-bond donors (Lipinski definition) is 0. The third-order valence-corrected chi connectivity index (χ3v) is 3.98. The molecular weight excluding hydrogens is 324 g/mol. The summed E-state index contributed by atoms with van der Waals surface area (Å²) in [4.78, 5) is 21.8. The van der Waals surface area contributed by atoms with Crippen molar-refractivity contribution in [2.45, 2.75) is 27.2 Å². The van der Waals surface area contributed by atoms with E-state index in [9.17, 15) is 14.9 Å². The number of carbonyl (C=O) groups excluding carboxylic acids is 1. The number of nitro benzene ring substituents is 1. The Morgan fingerprint density at radius 2 is 2.04 bits per heavy atom. The van der Waals surface area contributed by atoms with Crippen LogP contribution in [0.1, 0.15) is 34.4 Å². The highest BCUT2D eigenvalue weighted by Gasteiger charge is 2.19. The number of nitro groups is 1. The van der Waals surface area contributed by atoms with Gasteiger partial charge in [-0.25, -0.2) is 0 Å². The second-order valence-corrected chi connectivity index (χ2v) is 5.66. The molecule has 0 amide bonds. The highest BCUT2D eigenvalue weighted by molar-refractivity contribution is 5.82. The Hall–Kier alpha value is -3.29. The summed E-state index contributed by atoms with van der Waals surface area (Å²) in [6, 6.07) is 4.68. The summed E-state index contributed by atoms with van der Waals surface area (Å²) in [7, 11) is 0. The Balaban J connectivity index is 2.17. The van der Waals surface area contributed by atoms with Crippen LogP contribution in [0.5, 0.6) is 0 Å². The molecule has 0 fully saturated rings. The first-order valence-electron chi connectivity index (χ1n) is 7.71. The van der Waals surface area contributed by atoms with Gasteiger partial charge >= 0.3 is 6.01 Å². The first-order valence-corrected chi connectivity index (χ1v) is 7.71. The summed E-state index contributed by atoms with van der Waals surface area (Å²) in [5.41, 5.74) is 3.19. The Labute approximate surface area is 143 Å².